The van der Waals surface area contributed by atoms with E-state index in [1.54, 1.807) is 6.07 Å². The molecule has 7 heteroatoms. The highest BCUT2D eigenvalue weighted by atomic mass is 32.2. The van der Waals surface area contributed by atoms with Gasteiger partial charge in [-0.25, -0.2) is 8.42 Å². The molecule has 0 atom stereocenters. The zero-order valence-corrected chi connectivity index (χ0v) is 10.3. The van der Waals surface area contributed by atoms with Crippen molar-refractivity contribution in [2.45, 2.75) is 24.2 Å². The summed E-state index contributed by atoms with van der Waals surface area (Å²) in [7, 11) is -3.48. The number of nitrogen functional groups attached to an aromatic ring is 1. The molecule has 1 fully saturated rings. The van der Waals surface area contributed by atoms with E-state index < -0.39 is 10.0 Å². The lowest BCUT2D eigenvalue weighted by atomic mass is 10.2. The van der Waals surface area contributed by atoms with Crippen LogP contribution in [0.15, 0.2) is 23.4 Å². The predicted octanol–water partition coefficient (Wildman–Crippen LogP) is 0.542. The van der Waals surface area contributed by atoms with Gasteiger partial charge in [-0.2, -0.15) is 4.31 Å². The second-order valence-electron chi connectivity index (χ2n) is 3.98. The van der Waals surface area contributed by atoms with E-state index in [1.807, 2.05) is 0 Å². The van der Waals surface area contributed by atoms with E-state index in [4.69, 9.17) is 5.84 Å². The maximum atomic E-state index is 12.4. The molecule has 0 radical (unpaired) electrons. The van der Waals surface area contributed by atoms with Gasteiger partial charge in [0.1, 0.15) is 4.90 Å². The third-order valence-corrected chi connectivity index (χ3v) is 4.80. The van der Waals surface area contributed by atoms with Crippen LogP contribution in [-0.4, -0.2) is 30.8 Å². The molecule has 0 saturated carbocycles. The van der Waals surface area contributed by atoms with Crippen molar-refractivity contribution in [1.29, 1.82) is 0 Å². The number of nitrogens with two attached hydrogens (primary N) is 1. The summed E-state index contributed by atoms with van der Waals surface area (Å²) < 4.78 is 26.2. The Hall–Kier alpha value is -1.18. The quantitative estimate of drug-likeness (QED) is 0.609. The highest BCUT2D eigenvalue weighted by Crippen LogP contribution is 2.25. The molecule has 94 valence electrons. The molecule has 3 N–H and O–H groups in total. The Morgan fingerprint density at radius 1 is 1.29 bits per heavy atom. The molecule has 1 aromatic heterocycles. The smallest absolute Gasteiger partial charge is 0.246 e. The molecule has 2 heterocycles. The van der Waals surface area contributed by atoms with Crippen LogP contribution in [0.1, 0.15) is 19.3 Å². The fourth-order valence-corrected chi connectivity index (χ4v) is 3.57. The van der Waals surface area contributed by atoms with Gasteiger partial charge in [-0.15, -0.1) is 0 Å². The summed E-state index contributed by atoms with van der Waals surface area (Å²) in [6.07, 6.45) is 5.74. The van der Waals surface area contributed by atoms with E-state index >= 15 is 0 Å². The lowest BCUT2D eigenvalue weighted by Gasteiger charge is -2.26. The van der Waals surface area contributed by atoms with Crippen molar-refractivity contribution < 1.29 is 8.42 Å². The third kappa shape index (κ3) is 2.41. The minimum Gasteiger partial charge on any atom is -0.323 e. The van der Waals surface area contributed by atoms with Gasteiger partial charge in [-0.05, 0) is 18.9 Å². The summed E-state index contributed by atoms with van der Waals surface area (Å²) >= 11 is 0. The largest absolute Gasteiger partial charge is 0.323 e. The molecule has 17 heavy (non-hydrogen) atoms. The van der Waals surface area contributed by atoms with Gasteiger partial charge in [0.15, 0.2) is 0 Å². The molecule has 0 amide bonds. The highest BCUT2D eigenvalue weighted by molar-refractivity contribution is 7.89. The van der Waals surface area contributed by atoms with Crippen LogP contribution in [0.3, 0.4) is 0 Å². The van der Waals surface area contributed by atoms with Crippen molar-refractivity contribution in [1.82, 2.24) is 9.29 Å². The first kappa shape index (κ1) is 12.3. The fourth-order valence-electron chi connectivity index (χ4n) is 1.95. The second kappa shape index (κ2) is 4.99. The number of rotatable bonds is 3. The molecular weight excluding hydrogens is 240 g/mol. The average Bonchev–Trinajstić information content (AvgIpc) is 2.39. The van der Waals surface area contributed by atoms with E-state index in [1.165, 1.54) is 16.7 Å². The Morgan fingerprint density at radius 2 is 2.00 bits per heavy atom. The van der Waals surface area contributed by atoms with Crippen molar-refractivity contribution >= 4 is 15.7 Å². The Labute approximate surface area is 101 Å². The van der Waals surface area contributed by atoms with Crippen molar-refractivity contribution in [3.63, 3.8) is 0 Å². The van der Waals surface area contributed by atoms with Crippen LogP contribution < -0.4 is 11.3 Å². The van der Waals surface area contributed by atoms with Crippen LogP contribution in [0.4, 0.5) is 5.69 Å². The zero-order valence-electron chi connectivity index (χ0n) is 9.46. The number of hydrogen-bond donors (Lipinski definition) is 2. The minimum absolute atomic E-state index is 0.143. The van der Waals surface area contributed by atoms with E-state index in [9.17, 15) is 8.42 Å². The zero-order chi connectivity index (χ0) is 12.3. The summed E-state index contributed by atoms with van der Waals surface area (Å²) in [5.74, 6) is 5.32. The average molecular weight is 256 g/mol. The predicted molar refractivity (Wildman–Crippen MR) is 64.7 cm³/mol. The second-order valence-corrected chi connectivity index (χ2v) is 5.89. The molecule has 0 unspecified atom stereocenters. The SMILES string of the molecule is NNc1ccncc1S(=O)(=O)N1CCCCC1. The number of sulfonamides is 1. The molecule has 2 rings (SSSR count). The molecule has 1 aliphatic heterocycles. The Kier molecular flexibility index (Phi) is 3.60. The van der Waals surface area contributed by atoms with Crippen LogP contribution in [0.25, 0.3) is 0 Å². The first-order valence-corrected chi connectivity index (χ1v) is 7.01. The number of piperidine rings is 1. The van der Waals surface area contributed by atoms with Crippen molar-refractivity contribution in [3.8, 4) is 0 Å². The Balaban J connectivity index is 2.36. The number of aromatic nitrogens is 1. The molecule has 1 saturated heterocycles. The molecule has 0 aliphatic carbocycles. The topological polar surface area (TPSA) is 88.3 Å². The van der Waals surface area contributed by atoms with Gasteiger partial charge in [-0.1, -0.05) is 6.42 Å². The van der Waals surface area contributed by atoms with Gasteiger partial charge < -0.3 is 5.43 Å². The molecule has 1 aliphatic rings. The summed E-state index contributed by atoms with van der Waals surface area (Å²) in [4.78, 5) is 4.00. The minimum atomic E-state index is -3.48. The maximum absolute atomic E-state index is 12.4. The lowest BCUT2D eigenvalue weighted by Crippen LogP contribution is -2.36. The maximum Gasteiger partial charge on any atom is 0.246 e. The number of anilines is 1. The molecule has 1 aromatic rings. The van der Waals surface area contributed by atoms with Gasteiger partial charge >= 0.3 is 0 Å². The van der Waals surface area contributed by atoms with Crippen LogP contribution in [0, 0.1) is 0 Å². The van der Waals surface area contributed by atoms with Crippen molar-refractivity contribution in [2.75, 3.05) is 18.5 Å². The summed E-state index contributed by atoms with van der Waals surface area (Å²) in [6.45, 7) is 1.14. The summed E-state index contributed by atoms with van der Waals surface area (Å²) in [5, 5.41) is 0. The lowest BCUT2D eigenvalue weighted by molar-refractivity contribution is 0.346. The molecule has 0 spiro atoms. The van der Waals surface area contributed by atoms with Gasteiger partial charge in [0, 0.05) is 25.5 Å². The fraction of sp³-hybridized carbons (Fsp3) is 0.500. The normalized spacial score (nSPS) is 17.9. The monoisotopic (exact) mass is 256 g/mol. The molecule has 0 bridgehead atoms. The van der Waals surface area contributed by atoms with E-state index in [0.29, 0.717) is 18.8 Å². The van der Waals surface area contributed by atoms with Gasteiger partial charge in [0.05, 0.1) is 5.69 Å². The van der Waals surface area contributed by atoms with Crippen LogP contribution in [0.5, 0.6) is 0 Å². The highest BCUT2D eigenvalue weighted by Gasteiger charge is 2.28. The first-order valence-electron chi connectivity index (χ1n) is 5.57. The van der Waals surface area contributed by atoms with Crippen LogP contribution >= 0.6 is 0 Å². The van der Waals surface area contributed by atoms with Gasteiger partial charge in [-0.3, -0.25) is 10.8 Å². The third-order valence-electron chi connectivity index (χ3n) is 2.87. The van der Waals surface area contributed by atoms with E-state index in [-0.39, 0.29) is 4.90 Å². The molecule has 6 nitrogen and oxygen atoms in total. The summed E-state index contributed by atoms with van der Waals surface area (Å²) in [5.41, 5.74) is 2.78. The van der Waals surface area contributed by atoms with Crippen molar-refractivity contribution in [2.24, 2.45) is 5.84 Å². The number of nitrogens with zero attached hydrogens (tertiary/aromatic N) is 2. The van der Waals surface area contributed by atoms with Crippen LogP contribution in [0.2, 0.25) is 0 Å². The number of pyridine rings is 1. The van der Waals surface area contributed by atoms with Gasteiger partial charge in [0.25, 0.3) is 0 Å². The summed E-state index contributed by atoms with van der Waals surface area (Å²) in [6, 6.07) is 1.55. The van der Waals surface area contributed by atoms with Gasteiger partial charge in [0.2, 0.25) is 10.0 Å². The molecule has 0 aromatic carbocycles. The number of hydrazine groups is 1. The van der Waals surface area contributed by atoms with Crippen LogP contribution in [-0.2, 0) is 10.0 Å². The first-order chi connectivity index (χ1) is 8.16. The van der Waals surface area contributed by atoms with E-state index in [2.05, 4.69) is 10.4 Å². The van der Waals surface area contributed by atoms with E-state index in [0.717, 1.165) is 19.3 Å². The Bertz CT molecular complexity index is 483. The number of hydrogen-bond acceptors (Lipinski definition) is 5. The molecular formula is C10H16N4O2S. The number of nitrogens with one attached hydrogen (secondary N) is 1. The van der Waals surface area contributed by atoms with Crippen molar-refractivity contribution in [3.05, 3.63) is 18.5 Å². The Morgan fingerprint density at radius 3 is 2.65 bits per heavy atom. The standard InChI is InChI=1S/C10H16N4O2S/c11-13-9-4-5-12-8-10(9)17(15,16)14-6-2-1-3-7-14/h4-5,8H,1-3,6-7,11H2,(H,12,13).